The van der Waals surface area contributed by atoms with E-state index in [2.05, 4.69) is 9.47 Å². The Hall–Kier alpha value is -1.32. The number of ether oxygens (including phenoxy) is 2. The fourth-order valence-electron chi connectivity index (χ4n) is 1.08. The van der Waals surface area contributed by atoms with Crippen molar-refractivity contribution >= 4 is 0 Å². The Labute approximate surface area is 75.1 Å². The first-order valence-corrected chi connectivity index (χ1v) is 3.68. The average Bonchev–Trinajstić information content (AvgIpc) is 2.10. The van der Waals surface area contributed by atoms with Crippen LogP contribution in [0.2, 0.25) is 0 Å². The molecule has 4 heteroatoms. The molecular weight excluding hydrogens is 178 g/mol. The maximum absolute atomic E-state index is 13.3. The molecule has 13 heavy (non-hydrogen) atoms. The molecule has 1 aromatic carbocycles. The Morgan fingerprint density at radius 1 is 1.08 bits per heavy atom. The second-order valence-corrected chi connectivity index (χ2v) is 2.56. The SMILES string of the molecule is COc1c(F)cc(C)c(F)c1OC. The Balaban J connectivity index is 3.41. The van der Waals surface area contributed by atoms with Gasteiger partial charge in [-0.25, -0.2) is 8.78 Å². The van der Waals surface area contributed by atoms with Gasteiger partial charge in [0.1, 0.15) is 0 Å². The quantitative estimate of drug-likeness (QED) is 0.708. The summed E-state index contributed by atoms with van der Waals surface area (Å²) < 4.78 is 35.7. The maximum atomic E-state index is 13.3. The van der Waals surface area contributed by atoms with E-state index in [1.807, 2.05) is 0 Å². The van der Waals surface area contributed by atoms with Gasteiger partial charge in [0.15, 0.2) is 23.1 Å². The van der Waals surface area contributed by atoms with Gasteiger partial charge >= 0.3 is 0 Å². The van der Waals surface area contributed by atoms with E-state index in [1.54, 1.807) is 0 Å². The fourth-order valence-corrected chi connectivity index (χ4v) is 1.08. The minimum Gasteiger partial charge on any atom is -0.490 e. The van der Waals surface area contributed by atoms with Crippen LogP contribution in [0.25, 0.3) is 0 Å². The molecule has 0 heterocycles. The van der Waals surface area contributed by atoms with Crippen molar-refractivity contribution in [2.75, 3.05) is 14.2 Å². The molecule has 2 nitrogen and oxygen atoms in total. The zero-order chi connectivity index (χ0) is 10.0. The molecule has 0 saturated heterocycles. The molecule has 0 amide bonds. The van der Waals surface area contributed by atoms with E-state index in [0.29, 0.717) is 0 Å². The molecule has 1 rings (SSSR count). The van der Waals surface area contributed by atoms with Crippen LogP contribution in [0, 0.1) is 18.6 Å². The summed E-state index contributed by atoms with van der Waals surface area (Å²) in [5.74, 6) is -1.62. The van der Waals surface area contributed by atoms with E-state index in [9.17, 15) is 8.78 Å². The van der Waals surface area contributed by atoms with Crippen molar-refractivity contribution in [2.45, 2.75) is 6.92 Å². The zero-order valence-corrected chi connectivity index (χ0v) is 7.65. The molecule has 0 aromatic heterocycles. The molecule has 0 spiro atoms. The molecule has 72 valence electrons. The Morgan fingerprint density at radius 3 is 2.08 bits per heavy atom. The van der Waals surface area contributed by atoms with Gasteiger partial charge in [0, 0.05) is 0 Å². The van der Waals surface area contributed by atoms with Gasteiger partial charge in [-0.05, 0) is 18.6 Å². The molecule has 0 saturated carbocycles. The molecule has 0 radical (unpaired) electrons. The highest BCUT2D eigenvalue weighted by Gasteiger charge is 2.17. The Morgan fingerprint density at radius 2 is 1.62 bits per heavy atom. The largest absolute Gasteiger partial charge is 0.490 e. The first-order chi connectivity index (χ1) is 6.11. The van der Waals surface area contributed by atoms with E-state index in [4.69, 9.17) is 0 Å². The van der Waals surface area contributed by atoms with Crippen LogP contribution in [0.15, 0.2) is 6.07 Å². The van der Waals surface area contributed by atoms with Crippen molar-refractivity contribution in [3.05, 3.63) is 23.3 Å². The minimum absolute atomic E-state index is 0.190. The monoisotopic (exact) mass is 188 g/mol. The molecule has 0 atom stereocenters. The number of hydrogen-bond donors (Lipinski definition) is 0. The van der Waals surface area contributed by atoms with Crippen LogP contribution in [0.4, 0.5) is 8.78 Å². The predicted molar refractivity (Wildman–Crippen MR) is 44.2 cm³/mol. The summed E-state index contributed by atoms with van der Waals surface area (Å²) in [4.78, 5) is 0. The maximum Gasteiger partial charge on any atom is 0.200 e. The third-order valence-corrected chi connectivity index (χ3v) is 1.72. The van der Waals surface area contributed by atoms with Crippen LogP contribution in [-0.4, -0.2) is 14.2 Å². The normalized spacial score (nSPS) is 9.92. The van der Waals surface area contributed by atoms with E-state index in [-0.39, 0.29) is 17.1 Å². The molecule has 1 aromatic rings. The van der Waals surface area contributed by atoms with Gasteiger partial charge in [0.25, 0.3) is 0 Å². The lowest BCUT2D eigenvalue weighted by Crippen LogP contribution is -1.98. The lowest BCUT2D eigenvalue weighted by Gasteiger charge is -2.10. The van der Waals surface area contributed by atoms with Gasteiger partial charge in [0.05, 0.1) is 14.2 Å². The van der Waals surface area contributed by atoms with Gasteiger partial charge < -0.3 is 9.47 Å². The lowest BCUT2D eigenvalue weighted by molar-refractivity contribution is 0.321. The van der Waals surface area contributed by atoms with Gasteiger partial charge in [-0.2, -0.15) is 0 Å². The van der Waals surface area contributed by atoms with Crippen molar-refractivity contribution in [1.82, 2.24) is 0 Å². The van der Waals surface area contributed by atoms with Crippen LogP contribution < -0.4 is 9.47 Å². The molecule has 0 unspecified atom stereocenters. The zero-order valence-electron chi connectivity index (χ0n) is 7.65. The van der Waals surface area contributed by atoms with E-state index in [1.165, 1.54) is 21.1 Å². The Bertz CT molecular complexity index is 324. The number of methoxy groups -OCH3 is 2. The smallest absolute Gasteiger partial charge is 0.200 e. The Kier molecular flexibility index (Phi) is 2.70. The van der Waals surface area contributed by atoms with Gasteiger partial charge in [-0.15, -0.1) is 0 Å². The average molecular weight is 188 g/mol. The third kappa shape index (κ3) is 1.56. The minimum atomic E-state index is -0.627. The fraction of sp³-hybridized carbons (Fsp3) is 0.333. The second-order valence-electron chi connectivity index (χ2n) is 2.56. The molecule has 0 N–H and O–H groups in total. The third-order valence-electron chi connectivity index (χ3n) is 1.72. The number of rotatable bonds is 2. The molecule has 0 aliphatic carbocycles. The number of benzene rings is 1. The van der Waals surface area contributed by atoms with Crippen molar-refractivity contribution in [2.24, 2.45) is 0 Å². The molecule has 0 fully saturated rings. The number of halogens is 2. The predicted octanol–water partition coefficient (Wildman–Crippen LogP) is 2.29. The summed E-state index contributed by atoms with van der Waals surface area (Å²) in [6, 6.07) is 1.07. The summed E-state index contributed by atoms with van der Waals surface area (Å²) >= 11 is 0. The van der Waals surface area contributed by atoms with Crippen LogP contribution >= 0.6 is 0 Å². The highest BCUT2D eigenvalue weighted by molar-refractivity contribution is 5.45. The molecule has 0 aliphatic rings. The van der Waals surface area contributed by atoms with Crippen LogP contribution in [-0.2, 0) is 0 Å². The first kappa shape index (κ1) is 9.77. The number of hydrogen-bond acceptors (Lipinski definition) is 2. The van der Waals surface area contributed by atoms with Crippen molar-refractivity contribution in [3.8, 4) is 11.5 Å². The highest BCUT2D eigenvalue weighted by Crippen LogP contribution is 2.34. The van der Waals surface area contributed by atoms with E-state index in [0.717, 1.165) is 6.07 Å². The summed E-state index contributed by atoms with van der Waals surface area (Å²) in [7, 11) is 2.52. The topological polar surface area (TPSA) is 18.5 Å². The molecule has 0 aliphatic heterocycles. The lowest BCUT2D eigenvalue weighted by atomic mass is 10.2. The summed E-state index contributed by atoms with van der Waals surface area (Å²) in [5.41, 5.74) is 0.190. The molecule has 0 bridgehead atoms. The van der Waals surface area contributed by atoms with Crippen LogP contribution in [0.3, 0.4) is 0 Å². The van der Waals surface area contributed by atoms with Crippen molar-refractivity contribution in [3.63, 3.8) is 0 Å². The second kappa shape index (κ2) is 3.60. The van der Waals surface area contributed by atoms with Gasteiger partial charge in [-0.3, -0.25) is 0 Å². The summed E-state index contributed by atoms with van der Waals surface area (Å²) in [6.07, 6.45) is 0. The number of aryl methyl sites for hydroxylation is 1. The van der Waals surface area contributed by atoms with E-state index < -0.39 is 11.6 Å². The van der Waals surface area contributed by atoms with Crippen LogP contribution in [0.5, 0.6) is 11.5 Å². The molecular formula is C9H10F2O2. The first-order valence-electron chi connectivity index (χ1n) is 3.68. The van der Waals surface area contributed by atoms with Crippen LogP contribution in [0.1, 0.15) is 5.56 Å². The van der Waals surface area contributed by atoms with Gasteiger partial charge in [-0.1, -0.05) is 0 Å². The van der Waals surface area contributed by atoms with Crippen molar-refractivity contribution < 1.29 is 18.3 Å². The van der Waals surface area contributed by atoms with E-state index >= 15 is 0 Å². The van der Waals surface area contributed by atoms with Gasteiger partial charge in [0.2, 0.25) is 0 Å². The standard InChI is InChI=1S/C9H10F2O2/c1-5-4-6(10)8(12-2)9(13-3)7(5)11/h4H,1-3H3. The van der Waals surface area contributed by atoms with Crippen molar-refractivity contribution in [1.29, 1.82) is 0 Å². The summed E-state index contributed by atoms with van der Waals surface area (Å²) in [6.45, 7) is 1.46. The summed E-state index contributed by atoms with van der Waals surface area (Å²) in [5, 5.41) is 0. The highest BCUT2D eigenvalue weighted by atomic mass is 19.1.